The third-order valence-electron chi connectivity index (χ3n) is 4.23. The Balaban J connectivity index is 2.02. The van der Waals surface area contributed by atoms with Gasteiger partial charge in [-0.05, 0) is 42.3 Å². The maximum absolute atomic E-state index is 12.9. The van der Waals surface area contributed by atoms with Gasteiger partial charge in [0.25, 0.3) is 0 Å². The van der Waals surface area contributed by atoms with Crippen molar-refractivity contribution in [2.75, 3.05) is 25.1 Å². The van der Waals surface area contributed by atoms with Gasteiger partial charge in [0.1, 0.15) is 12.3 Å². The number of ether oxygens (including phenoxy) is 1. The molecule has 0 amide bonds. The molecule has 5 heteroatoms. The van der Waals surface area contributed by atoms with E-state index in [1.165, 1.54) is 0 Å². The van der Waals surface area contributed by atoms with Crippen molar-refractivity contribution >= 4 is 23.5 Å². The highest BCUT2D eigenvalue weighted by molar-refractivity contribution is 6.17. The normalized spacial score (nSPS) is 15.2. The molecule has 128 valence electrons. The molecular weight excluding hydrogens is 318 g/mol. The van der Waals surface area contributed by atoms with Gasteiger partial charge in [0, 0.05) is 17.7 Å². The number of Topliss-reactive ketones (excluding diaryl/α,β-unsaturated/α-hetero) is 1. The standard InChI is InChI=1S/C20H19NO4/c1-13-4-3-5-17-19(13)21(12-18(22)23)11-15(20(17)24)10-14-6-8-16(25-2)9-7-14/h3-10H,11-12H2,1-2H3,(H,22,23)/b15-10+. The molecule has 0 atom stereocenters. The largest absolute Gasteiger partial charge is 0.497 e. The summed E-state index contributed by atoms with van der Waals surface area (Å²) in [6.07, 6.45) is 1.81. The van der Waals surface area contributed by atoms with Crippen molar-refractivity contribution in [2.45, 2.75) is 6.92 Å². The first-order valence-corrected chi connectivity index (χ1v) is 7.95. The van der Waals surface area contributed by atoms with Gasteiger partial charge in [-0.3, -0.25) is 9.59 Å². The van der Waals surface area contributed by atoms with Crippen LogP contribution in [0.3, 0.4) is 0 Å². The molecule has 0 aliphatic carbocycles. The summed E-state index contributed by atoms with van der Waals surface area (Å²) in [6.45, 7) is 2.01. The van der Waals surface area contributed by atoms with Crippen LogP contribution in [-0.2, 0) is 4.79 Å². The number of anilines is 1. The number of hydrogen-bond acceptors (Lipinski definition) is 4. The number of para-hydroxylation sites is 1. The monoisotopic (exact) mass is 337 g/mol. The number of carbonyl (C=O) groups excluding carboxylic acids is 1. The van der Waals surface area contributed by atoms with E-state index < -0.39 is 5.97 Å². The lowest BCUT2D eigenvalue weighted by molar-refractivity contribution is -0.135. The van der Waals surface area contributed by atoms with E-state index in [-0.39, 0.29) is 18.9 Å². The molecule has 0 saturated carbocycles. The molecule has 1 N–H and O–H groups in total. The molecule has 0 radical (unpaired) electrons. The molecule has 2 aromatic carbocycles. The topological polar surface area (TPSA) is 66.8 Å². The van der Waals surface area contributed by atoms with Gasteiger partial charge in [-0.25, -0.2) is 0 Å². The first kappa shape index (κ1) is 16.8. The Labute approximate surface area is 146 Å². The number of benzene rings is 2. The second-order valence-corrected chi connectivity index (χ2v) is 5.99. The van der Waals surface area contributed by atoms with Crippen LogP contribution in [-0.4, -0.2) is 37.1 Å². The van der Waals surface area contributed by atoms with Crippen LogP contribution in [0.25, 0.3) is 6.08 Å². The maximum atomic E-state index is 12.9. The van der Waals surface area contributed by atoms with E-state index in [0.717, 1.165) is 16.9 Å². The van der Waals surface area contributed by atoms with Crippen molar-refractivity contribution in [2.24, 2.45) is 0 Å². The summed E-state index contributed by atoms with van der Waals surface area (Å²) in [5, 5.41) is 9.22. The molecule has 1 aliphatic rings. The third kappa shape index (κ3) is 3.40. The minimum atomic E-state index is -0.924. The van der Waals surface area contributed by atoms with Crippen LogP contribution in [0.1, 0.15) is 21.5 Å². The number of rotatable bonds is 4. The Morgan fingerprint density at radius 3 is 2.60 bits per heavy atom. The first-order chi connectivity index (χ1) is 12.0. The van der Waals surface area contributed by atoms with Gasteiger partial charge in [0.15, 0.2) is 5.78 Å². The van der Waals surface area contributed by atoms with E-state index in [1.807, 2.05) is 49.4 Å². The van der Waals surface area contributed by atoms with Gasteiger partial charge in [0.2, 0.25) is 0 Å². The Kier molecular flexibility index (Phi) is 4.57. The summed E-state index contributed by atoms with van der Waals surface area (Å²) in [7, 11) is 1.60. The highest BCUT2D eigenvalue weighted by Gasteiger charge is 2.29. The van der Waals surface area contributed by atoms with E-state index in [9.17, 15) is 14.7 Å². The Hall–Kier alpha value is -3.08. The number of carbonyl (C=O) groups is 2. The number of nitrogens with zero attached hydrogens (tertiary/aromatic N) is 1. The number of methoxy groups -OCH3 is 1. The lowest BCUT2D eigenvalue weighted by Crippen LogP contribution is -2.38. The third-order valence-corrected chi connectivity index (χ3v) is 4.23. The minimum Gasteiger partial charge on any atom is -0.497 e. The smallest absolute Gasteiger partial charge is 0.323 e. The van der Waals surface area contributed by atoms with Crippen molar-refractivity contribution < 1.29 is 19.4 Å². The Morgan fingerprint density at radius 1 is 1.24 bits per heavy atom. The number of hydrogen-bond donors (Lipinski definition) is 1. The molecule has 3 rings (SSSR count). The molecule has 25 heavy (non-hydrogen) atoms. The van der Waals surface area contributed by atoms with E-state index >= 15 is 0 Å². The van der Waals surface area contributed by atoms with E-state index in [1.54, 1.807) is 18.1 Å². The lowest BCUT2D eigenvalue weighted by Gasteiger charge is -2.32. The predicted molar refractivity (Wildman–Crippen MR) is 96.3 cm³/mol. The van der Waals surface area contributed by atoms with Gasteiger partial charge >= 0.3 is 5.97 Å². The quantitative estimate of drug-likeness (QED) is 0.868. The lowest BCUT2D eigenvalue weighted by atomic mass is 9.92. The Morgan fingerprint density at radius 2 is 1.96 bits per heavy atom. The summed E-state index contributed by atoms with van der Waals surface area (Å²) in [5.74, 6) is -0.242. The van der Waals surface area contributed by atoms with Crippen LogP contribution < -0.4 is 9.64 Å². The molecular formula is C20H19NO4. The fourth-order valence-electron chi connectivity index (χ4n) is 3.10. The molecule has 0 spiro atoms. The van der Waals surface area contributed by atoms with Crippen molar-refractivity contribution in [1.82, 2.24) is 0 Å². The molecule has 1 aliphatic heterocycles. The second kappa shape index (κ2) is 6.81. The van der Waals surface area contributed by atoms with Crippen molar-refractivity contribution in [1.29, 1.82) is 0 Å². The first-order valence-electron chi connectivity index (χ1n) is 7.95. The highest BCUT2D eigenvalue weighted by atomic mass is 16.5. The summed E-state index contributed by atoms with van der Waals surface area (Å²) in [4.78, 5) is 25.8. The van der Waals surface area contributed by atoms with Gasteiger partial charge in [-0.2, -0.15) is 0 Å². The molecule has 0 saturated heterocycles. The molecule has 0 aromatic heterocycles. The average molecular weight is 337 g/mol. The van der Waals surface area contributed by atoms with Crippen molar-refractivity contribution in [3.8, 4) is 5.75 Å². The number of aryl methyl sites for hydroxylation is 1. The van der Waals surface area contributed by atoms with Gasteiger partial charge in [-0.1, -0.05) is 24.3 Å². The summed E-state index contributed by atoms with van der Waals surface area (Å²) in [5.41, 5.74) is 3.60. The second-order valence-electron chi connectivity index (χ2n) is 5.99. The SMILES string of the molecule is COc1ccc(/C=C2\CN(CC(=O)O)c3c(C)cccc3C2=O)cc1. The zero-order valence-corrected chi connectivity index (χ0v) is 14.2. The van der Waals surface area contributed by atoms with E-state index in [4.69, 9.17) is 4.74 Å². The van der Waals surface area contributed by atoms with Crippen molar-refractivity contribution in [3.05, 3.63) is 64.7 Å². The van der Waals surface area contributed by atoms with Gasteiger partial charge in [0.05, 0.1) is 12.8 Å². The van der Waals surface area contributed by atoms with Crippen LogP contribution >= 0.6 is 0 Å². The fraction of sp³-hybridized carbons (Fsp3) is 0.200. The summed E-state index contributed by atoms with van der Waals surface area (Å²) in [6, 6.07) is 12.8. The molecule has 0 fully saturated rings. The van der Waals surface area contributed by atoms with Gasteiger partial charge < -0.3 is 14.7 Å². The van der Waals surface area contributed by atoms with E-state index in [2.05, 4.69) is 0 Å². The average Bonchev–Trinajstić information content (AvgIpc) is 2.59. The van der Waals surface area contributed by atoms with Crippen molar-refractivity contribution in [3.63, 3.8) is 0 Å². The highest BCUT2D eigenvalue weighted by Crippen LogP contribution is 2.33. The molecule has 0 unspecified atom stereocenters. The predicted octanol–water partition coefficient (Wildman–Crippen LogP) is 3.17. The maximum Gasteiger partial charge on any atom is 0.323 e. The number of aliphatic carboxylic acids is 1. The van der Waals surface area contributed by atoms with E-state index in [0.29, 0.717) is 16.8 Å². The Bertz CT molecular complexity index is 852. The zero-order chi connectivity index (χ0) is 18.0. The zero-order valence-electron chi connectivity index (χ0n) is 14.2. The van der Waals surface area contributed by atoms with Crippen LogP contribution in [0.4, 0.5) is 5.69 Å². The molecule has 5 nitrogen and oxygen atoms in total. The van der Waals surface area contributed by atoms with Crippen LogP contribution in [0.5, 0.6) is 5.75 Å². The van der Waals surface area contributed by atoms with Gasteiger partial charge in [-0.15, -0.1) is 0 Å². The fourth-order valence-corrected chi connectivity index (χ4v) is 3.10. The molecule has 1 heterocycles. The molecule has 2 aromatic rings. The van der Waals surface area contributed by atoms with Crippen LogP contribution in [0.2, 0.25) is 0 Å². The minimum absolute atomic E-state index is 0.0591. The summed E-state index contributed by atoms with van der Waals surface area (Å²) >= 11 is 0. The van der Waals surface area contributed by atoms with Crippen LogP contribution in [0.15, 0.2) is 48.0 Å². The van der Waals surface area contributed by atoms with Crippen LogP contribution in [0, 0.1) is 6.92 Å². The number of carboxylic acids is 1. The molecule has 0 bridgehead atoms. The summed E-state index contributed by atoms with van der Waals surface area (Å²) < 4.78 is 5.14. The number of carboxylic acid groups (broad SMARTS) is 1. The number of fused-ring (bicyclic) bond motifs is 1. The number of ketones is 1.